The van der Waals surface area contributed by atoms with Crippen LogP contribution in [0.5, 0.6) is 0 Å². The van der Waals surface area contributed by atoms with Crippen LogP contribution in [0.4, 0.5) is 4.79 Å². The minimum Gasteiger partial charge on any atom is -0.387 e. The molecule has 2 amide bonds. The van der Waals surface area contributed by atoms with Crippen molar-refractivity contribution in [1.82, 2.24) is 15.6 Å². The van der Waals surface area contributed by atoms with E-state index in [1.807, 2.05) is 22.2 Å². The molecule has 0 aliphatic rings. The number of rotatable bonds is 5. The summed E-state index contributed by atoms with van der Waals surface area (Å²) in [5, 5.41) is 20.7. The van der Waals surface area contributed by atoms with Gasteiger partial charge in [0.05, 0.1) is 23.9 Å². The van der Waals surface area contributed by atoms with Crippen LogP contribution in [0.1, 0.15) is 17.4 Å². The van der Waals surface area contributed by atoms with Gasteiger partial charge in [-0.15, -0.1) is 11.3 Å². The molecule has 18 heavy (non-hydrogen) atoms. The number of aliphatic hydroxyl groups excluding tert-OH is 1. The quantitative estimate of drug-likeness (QED) is 0.782. The summed E-state index contributed by atoms with van der Waals surface area (Å²) in [6.45, 7) is 0.587. The van der Waals surface area contributed by atoms with E-state index < -0.39 is 6.10 Å². The zero-order valence-electron chi connectivity index (χ0n) is 9.50. The fraction of sp³-hybridized carbons (Fsp3) is 0.273. The lowest BCUT2D eigenvalue weighted by molar-refractivity contribution is 0.173. The van der Waals surface area contributed by atoms with Crippen LogP contribution in [-0.2, 0) is 6.54 Å². The number of amides is 2. The van der Waals surface area contributed by atoms with Crippen molar-refractivity contribution in [3.05, 3.63) is 39.0 Å². The maximum absolute atomic E-state index is 11.5. The topological polar surface area (TPSA) is 74.2 Å². The Morgan fingerprint density at radius 2 is 2.28 bits per heavy atom. The Bertz CT molecular complexity index is 470. The second-order valence-electron chi connectivity index (χ2n) is 3.62. The summed E-state index contributed by atoms with van der Waals surface area (Å²) >= 11 is 3.00. The predicted molar refractivity (Wildman–Crippen MR) is 71.6 cm³/mol. The molecule has 1 unspecified atom stereocenters. The minimum atomic E-state index is -0.665. The Labute approximate surface area is 113 Å². The van der Waals surface area contributed by atoms with Gasteiger partial charge < -0.3 is 15.7 Å². The third kappa shape index (κ3) is 3.80. The normalized spacial score (nSPS) is 12.1. The van der Waals surface area contributed by atoms with Crippen LogP contribution in [0.3, 0.4) is 0 Å². The first-order valence-corrected chi connectivity index (χ1v) is 7.23. The molecule has 2 rings (SSSR count). The summed E-state index contributed by atoms with van der Waals surface area (Å²) < 4.78 is 0. The fourth-order valence-electron chi connectivity index (χ4n) is 1.33. The van der Waals surface area contributed by atoms with E-state index in [0.29, 0.717) is 6.54 Å². The van der Waals surface area contributed by atoms with E-state index in [4.69, 9.17) is 0 Å². The van der Waals surface area contributed by atoms with Gasteiger partial charge in [-0.05, 0) is 22.4 Å². The molecule has 0 radical (unpaired) electrons. The maximum atomic E-state index is 11.5. The van der Waals surface area contributed by atoms with Crippen LogP contribution in [0.2, 0.25) is 0 Å². The number of thiophene rings is 1. The summed E-state index contributed by atoms with van der Waals surface area (Å²) in [5.41, 5.74) is 3.36. The van der Waals surface area contributed by atoms with Crippen molar-refractivity contribution in [2.75, 3.05) is 6.54 Å². The molecule has 0 aliphatic heterocycles. The van der Waals surface area contributed by atoms with E-state index >= 15 is 0 Å². The number of nitrogens with zero attached hydrogens (tertiary/aromatic N) is 1. The molecule has 0 saturated heterocycles. The second kappa shape index (κ2) is 6.48. The molecule has 5 nitrogen and oxygen atoms in total. The number of carbonyl (C=O) groups excluding carboxylic acids is 1. The highest BCUT2D eigenvalue weighted by molar-refractivity contribution is 7.08. The molecule has 0 spiro atoms. The first kappa shape index (κ1) is 13.0. The first-order chi connectivity index (χ1) is 8.75. The van der Waals surface area contributed by atoms with Crippen LogP contribution < -0.4 is 10.6 Å². The lowest BCUT2D eigenvalue weighted by Crippen LogP contribution is -2.37. The molecule has 96 valence electrons. The average Bonchev–Trinajstić information content (AvgIpc) is 3.05. The van der Waals surface area contributed by atoms with Crippen molar-refractivity contribution in [3.63, 3.8) is 0 Å². The van der Waals surface area contributed by atoms with E-state index in [1.54, 1.807) is 5.51 Å². The number of nitrogens with one attached hydrogen (secondary N) is 2. The fourth-order valence-corrected chi connectivity index (χ4v) is 2.60. The monoisotopic (exact) mass is 283 g/mol. The highest BCUT2D eigenvalue weighted by Crippen LogP contribution is 2.14. The summed E-state index contributed by atoms with van der Waals surface area (Å²) in [4.78, 5) is 15.5. The van der Waals surface area contributed by atoms with Gasteiger partial charge in [-0.2, -0.15) is 11.3 Å². The molecule has 0 bridgehead atoms. The minimum absolute atomic E-state index is 0.194. The van der Waals surface area contributed by atoms with Crippen molar-refractivity contribution in [2.45, 2.75) is 12.6 Å². The molecule has 0 fully saturated rings. The van der Waals surface area contributed by atoms with Crippen LogP contribution in [0, 0.1) is 0 Å². The van der Waals surface area contributed by atoms with Crippen LogP contribution in [-0.4, -0.2) is 22.7 Å². The number of hydrogen-bond donors (Lipinski definition) is 3. The van der Waals surface area contributed by atoms with E-state index in [0.717, 1.165) is 11.3 Å². The predicted octanol–water partition coefficient (Wildman–Crippen LogP) is 1.74. The van der Waals surface area contributed by atoms with Gasteiger partial charge in [-0.3, -0.25) is 0 Å². The smallest absolute Gasteiger partial charge is 0.315 e. The number of carbonyl (C=O) groups is 1. The lowest BCUT2D eigenvalue weighted by atomic mass is 10.2. The van der Waals surface area contributed by atoms with Gasteiger partial charge >= 0.3 is 6.03 Å². The van der Waals surface area contributed by atoms with E-state index in [-0.39, 0.29) is 12.6 Å². The third-order valence-electron chi connectivity index (χ3n) is 2.30. The van der Waals surface area contributed by atoms with Gasteiger partial charge in [0.2, 0.25) is 0 Å². The molecule has 7 heteroatoms. The third-order valence-corrected chi connectivity index (χ3v) is 3.63. The van der Waals surface area contributed by atoms with Crippen LogP contribution in [0.15, 0.2) is 27.7 Å². The molecule has 1 atom stereocenters. The Morgan fingerprint density at radius 3 is 2.94 bits per heavy atom. The van der Waals surface area contributed by atoms with Gasteiger partial charge in [0, 0.05) is 11.9 Å². The zero-order valence-corrected chi connectivity index (χ0v) is 11.1. The van der Waals surface area contributed by atoms with Crippen molar-refractivity contribution in [2.24, 2.45) is 0 Å². The van der Waals surface area contributed by atoms with Crippen molar-refractivity contribution < 1.29 is 9.90 Å². The molecular formula is C11H13N3O2S2. The number of hydrogen-bond acceptors (Lipinski definition) is 5. The van der Waals surface area contributed by atoms with Crippen LogP contribution >= 0.6 is 22.7 Å². The van der Waals surface area contributed by atoms with Gasteiger partial charge in [0.15, 0.2) is 0 Å². The maximum Gasteiger partial charge on any atom is 0.315 e. The van der Waals surface area contributed by atoms with E-state index in [1.165, 1.54) is 22.7 Å². The lowest BCUT2D eigenvalue weighted by Gasteiger charge is -2.11. The summed E-state index contributed by atoms with van der Waals surface area (Å²) in [6, 6.07) is 1.53. The first-order valence-electron chi connectivity index (χ1n) is 5.34. The average molecular weight is 283 g/mol. The summed E-state index contributed by atoms with van der Waals surface area (Å²) in [6.07, 6.45) is -0.665. The highest BCUT2D eigenvalue weighted by Gasteiger charge is 2.09. The molecule has 0 saturated carbocycles. The van der Waals surface area contributed by atoms with Gasteiger partial charge in [0.1, 0.15) is 0 Å². The Kier molecular flexibility index (Phi) is 4.68. The summed E-state index contributed by atoms with van der Waals surface area (Å²) in [5.74, 6) is 0. The Hall–Kier alpha value is -1.44. The van der Waals surface area contributed by atoms with Gasteiger partial charge in [0.25, 0.3) is 0 Å². The van der Waals surface area contributed by atoms with E-state index in [2.05, 4.69) is 15.6 Å². The van der Waals surface area contributed by atoms with Crippen molar-refractivity contribution >= 4 is 28.7 Å². The van der Waals surface area contributed by atoms with E-state index in [9.17, 15) is 9.90 Å². The molecule has 2 heterocycles. The summed E-state index contributed by atoms with van der Waals surface area (Å²) in [7, 11) is 0. The van der Waals surface area contributed by atoms with Crippen molar-refractivity contribution in [3.8, 4) is 0 Å². The molecule has 0 aromatic carbocycles. The standard InChI is InChI=1S/C11H13N3O2S2/c15-10(8-1-2-17-5-8)4-13-11(16)12-3-9-6-18-7-14-9/h1-2,5-7,10,15H,3-4H2,(H2,12,13,16). The highest BCUT2D eigenvalue weighted by atomic mass is 32.1. The van der Waals surface area contributed by atoms with Gasteiger partial charge in [-0.1, -0.05) is 0 Å². The molecular weight excluding hydrogens is 270 g/mol. The van der Waals surface area contributed by atoms with Crippen molar-refractivity contribution in [1.29, 1.82) is 0 Å². The molecule has 2 aromatic heterocycles. The molecule has 0 aliphatic carbocycles. The van der Waals surface area contributed by atoms with Crippen LogP contribution in [0.25, 0.3) is 0 Å². The second-order valence-corrected chi connectivity index (χ2v) is 5.11. The Morgan fingerprint density at radius 1 is 1.39 bits per heavy atom. The largest absolute Gasteiger partial charge is 0.387 e. The van der Waals surface area contributed by atoms with Gasteiger partial charge in [-0.25, -0.2) is 9.78 Å². The number of aliphatic hydroxyl groups is 1. The Balaban J connectivity index is 1.68. The molecule has 2 aromatic rings. The number of urea groups is 1. The molecule has 3 N–H and O–H groups in total. The number of aromatic nitrogens is 1. The zero-order chi connectivity index (χ0) is 12.8. The SMILES string of the molecule is O=C(NCc1cscn1)NCC(O)c1ccsc1. The number of thiazole rings is 1.